The maximum absolute atomic E-state index is 11.1. The summed E-state index contributed by atoms with van der Waals surface area (Å²) in [6, 6.07) is 18.0. The van der Waals surface area contributed by atoms with Gasteiger partial charge in [0, 0.05) is 41.0 Å². The van der Waals surface area contributed by atoms with E-state index in [0.29, 0.717) is 11.0 Å². The van der Waals surface area contributed by atoms with Crippen molar-refractivity contribution < 1.29 is 9.66 Å². The topological polar surface area (TPSA) is 96.0 Å². The number of nitrogens with zero attached hydrogens (tertiary/aromatic N) is 5. The summed E-state index contributed by atoms with van der Waals surface area (Å²) in [5.74, 6) is 1.43. The van der Waals surface area contributed by atoms with Crippen LogP contribution in [-0.4, -0.2) is 31.8 Å². The van der Waals surface area contributed by atoms with Crippen LogP contribution in [0.4, 0.5) is 5.69 Å². The molecule has 156 valence electrons. The van der Waals surface area contributed by atoms with Gasteiger partial charge in [0.25, 0.3) is 5.69 Å². The molecule has 0 aliphatic heterocycles. The average molecular weight is 433 g/mol. The number of rotatable bonds is 7. The Hall–Kier alpha value is -3.72. The minimum absolute atomic E-state index is 0.0686. The van der Waals surface area contributed by atoms with Crippen LogP contribution in [0, 0.1) is 10.1 Å². The Balaban J connectivity index is 1.74. The van der Waals surface area contributed by atoms with Crippen LogP contribution < -0.4 is 4.74 Å². The molecule has 0 bridgehead atoms. The van der Waals surface area contributed by atoms with E-state index in [1.807, 2.05) is 54.0 Å². The summed E-state index contributed by atoms with van der Waals surface area (Å²) in [5.41, 5.74) is 2.67. The maximum Gasteiger partial charge on any atom is 0.269 e. The first-order chi connectivity index (χ1) is 15.1. The lowest BCUT2D eigenvalue weighted by atomic mass is 10.1. The highest BCUT2D eigenvalue weighted by Gasteiger charge is 2.20. The Morgan fingerprint density at radius 1 is 1.06 bits per heavy atom. The second-order valence-corrected chi connectivity index (χ2v) is 8.00. The van der Waals surface area contributed by atoms with Gasteiger partial charge in [0.2, 0.25) is 0 Å². The van der Waals surface area contributed by atoms with Crippen LogP contribution in [0.1, 0.15) is 17.7 Å². The molecule has 0 spiro atoms. The summed E-state index contributed by atoms with van der Waals surface area (Å²) in [5, 5.41) is 20.6. The van der Waals surface area contributed by atoms with Crippen molar-refractivity contribution in [1.82, 2.24) is 19.7 Å². The molecule has 1 atom stereocenters. The quantitative estimate of drug-likeness (QED) is 0.227. The molecule has 0 radical (unpaired) electrons. The molecule has 2 heterocycles. The molecule has 0 N–H and O–H groups in total. The summed E-state index contributed by atoms with van der Waals surface area (Å²) in [6.45, 7) is 1.99. The molecule has 4 rings (SSSR count). The molecular formula is C22H19N5O3S. The number of non-ortho nitro benzene ring substituents is 1. The van der Waals surface area contributed by atoms with E-state index < -0.39 is 0 Å². The van der Waals surface area contributed by atoms with Crippen molar-refractivity contribution >= 4 is 17.4 Å². The van der Waals surface area contributed by atoms with Crippen LogP contribution in [0.3, 0.4) is 0 Å². The highest BCUT2D eigenvalue weighted by molar-refractivity contribution is 7.99. The maximum atomic E-state index is 11.1. The van der Waals surface area contributed by atoms with Gasteiger partial charge in [-0.15, -0.1) is 10.2 Å². The van der Waals surface area contributed by atoms with Gasteiger partial charge in [-0.1, -0.05) is 23.9 Å². The molecule has 2 aromatic carbocycles. The third-order valence-corrected chi connectivity index (χ3v) is 5.84. The molecule has 0 aliphatic rings. The zero-order valence-corrected chi connectivity index (χ0v) is 17.7. The second-order valence-electron chi connectivity index (χ2n) is 6.69. The monoisotopic (exact) mass is 433 g/mol. The van der Waals surface area contributed by atoms with Crippen LogP contribution >= 0.6 is 11.8 Å². The van der Waals surface area contributed by atoms with Gasteiger partial charge in [-0.3, -0.25) is 19.7 Å². The van der Waals surface area contributed by atoms with Gasteiger partial charge in [0.15, 0.2) is 11.0 Å². The van der Waals surface area contributed by atoms with Crippen LogP contribution in [0.25, 0.3) is 17.1 Å². The second kappa shape index (κ2) is 8.97. The summed E-state index contributed by atoms with van der Waals surface area (Å²) >= 11 is 1.48. The number of hydrogen-bond acceptors (Lipinski definition) is 7. The van der Waals surface area contributed by atoms with Crippen molar-refractivity contribution in [2.24, 2.45) is 0 Å². The summed E-state index contributed by atoms with van der Waals surface area (Å²) in [6.07, 6.45) is 3.42. The standard InChI is InChI=1S/C22H19N5O3S/c1-15(17-4-3-5-19(14-17)27(28)29)31-22-25-24-21(16-10-12-23-13-11-16)26(22)18-6-8-20(30-2)9-7-18/h3-15H,1-2H3. The summed E-state index contributed by atoms with van der Waals surface area (Å²) in [7, 11) is 1.62. The number of nitro benzene ring substituents is 1. The van der Waals surface area contributed by atoms with Crippen LogP contribution in [-0.2, 0) is 0 Å². The largest absolute Gasteiger partial charge is 0.497 e. The number of pyridine rings is 1. The van der Waals surface area contributed by atoms with Crippen LogP contribution in [0.2, 0.25) is 0 Å². The van der Waals surface area contributed by atoms with E-state index in [1.165, 1.54) is 17.8 Å². The number of thioether (sulfide) groups is 1. The Morgan fingerprint density at radius 3 is 2.48 bits per heavy atom. The summed E-state index contributed by atoms with van der Waals surface area (Å²) in [4.78, 5) is 14.8. The van der Waals surface area contributed by atoms with Gasteiger partial charge in [0.05, 0.1) is 12.0 Å². The van der Waals surface area contributed by atoms with Gasteiger partial charge in [-0.25, -0.2) is 0 Å². The van der Waals surface area contributed by atoms with Crippen molar-refractivity contribution in [3.05, 3.63) is 88.7 Å². The van der Waals surface area contributed by atoms with Gasteiger partial charge in [-0.2, -0.15) is 0 Å². The molecule has 0 fully saturated rings. The van der Waals surface area contributed by atoms with Gasteiger partial charge < -0.3 is 4.74 Å². The molecule has 1 unspecified atom stereocenters. The third-order valence-electron chi connectivity index (χ3n) is 4.74. The molecule has 4 aromatic rings. The number of aromatic nitrogens is 4. The van der Waals surface area contributed by atoms with E-state index in [-0.39, 0.29) is 15.9 Å². The van der Waals surface area contributed by atoms with E-state index in [0.717, 1.165) is 22.6 Å². The van der Waals surface area contributed by atoms with Crippen molar-refractivity contribution in [3.63, 3.8) is 0 Å². The van der Waals surface area contributed by atoms with E-state index in [9.17, 15) is 10.1 Å². The zero-order valence-electron chi connectivity index (χ0n) is 16.9. The van der Waals surface area contributed by atoms with E-state index in [2.05, 4.69) is 15.2 Å². The number of hydrogen-bond donors (Lipinski definition) is 0. The molecule has 0 aliphatic carbocycles. The van der Waals surface area contributed by atoms with Gasteiger partial charge in [-0.05, 0) is 48.9 Å². The van der Waals surface area contributed by atoms with Crippen molar-refractivity contribution in [1.29, 1.82) is 0 Å². The molecule has 2 aromatic heterocycles. The zero-order chi connectivity index (χ0) is 21.8. The lowest BCUT2D eigenvalue weighted by Crippen LogP contribution is -2.01. The molecule has 31 heavy (non-hydrogen) atoms. The minimum Gasteiger partial charge on any atom is -0.497 e. The lowest BCUT2D eigenvalue weighted by Gasteiger charge is -2.14. The summed E-state index contributed by atoms with van der Waals surface area (Å²) < 4.78 is 7.24. The Bertz CT molecular complexity index is 1200. The average Bonchev–Trinajstić information content (AvgIpc) is 3.23. The normalized spacial score (nSPS) is 11.8. The predicted octanol–water partition coefficient (Wildman–Crippen LogP) is 5.10. The number of nitro groups is 1. The highest BCUT2D eigenvalue weighted by atomic mass is 32.2. The highest BCUT2D eigenvalue weighted by Crippen LogP contribution is 2.37. The SMILES string of the molecule is COc1ccc(-n2c(SC(C)c3cccc([N+](=O)[O-])c3)nnc2-c2ccncc2)cc1. The molecular weight excluding hydrogens is 414 g/mol. The van der Waals surface area contributed by atoms with E-state index >= 15 is 0 Å². The van der Waals surface area contributed by atoms with E-state index in [4.69, 9.17) is 4.74 Å². The number of benzene rings is 2. The van der Waals surface area contributed by atoms with Crippen molar-refractivity contribution in [3.8, 4) is 22.8 Å². The third kappa shape index (κ3) is 4.41. The fourth-order valence-electron chi connectivity index (χ4n) is 3.12. The Kier molecular flexibility index (Phi) is 5.94. The van der Waals surface area contributed by atoms with Gasteiger partial charge in [0.1, 0.15) is 5.75 Å². The molecule has 8 nitrogen and oxygen atoms in total. The van der Waals surface area contributed by atoms with Crippen molar-refractivity contribution in [2.45, 2.75) is 17.3 Å². The molecule has 0 saturated carbocycles. The lowest BCUT2D eigenvalue weighted by molar-refractivity contribution is -0.384. The first-order valence-corrected chi connectivity index (χ1v) is 10.4. The first kappa shape index (κ1) is 20.5. The predicted molar refractivity (Wildman–Crippen MR) is 119 cm³/mol. The Morgan fingerprint density at radius 2 is 1.81 bits per heavy atom. The van der Waals surface area contributed by atoms with Gasteiger partial charge >= 0.3 is 0 Å². The van der Waals surface area contributed by atoms with Crippen LogP contribution in [0.15, 0.2) is 78.2 Å². The Labute approximate surface area is 183 Å². The first-order valence-electron chi connectivity index (χ1n) is 9.48. The molecule has 0 saturated heterocycles. The minimum atomic E-state index is -0.387. The van der Waals surface area contributed by atoms with Crippen molar-refractivity contribution in [2.75, 3.05) is 7.11 Å². The molecule has 0 amide bonds. The fourth-order valence-corrected chi connectivity index (χ4v) is 4.10. The smallest absolute Gasteiger partial charge is 0.269 e. The van der Waals surface area contributed by atoms with E-state index in [1.54, 1.807) is 31.6 Å². The van der Waals surface area contributed by atoms with Crippen LogP contribution in [0.5, 0.6) is 5.75 Å². The number of methoxy groups -OCH3 is 1. The number of ether oxygens (including phenoxy) is 1. The molecule has 9 heteroatoms. The fraction of sp³-hybridized carbons (Fsp3) is 0.136.